The standard InChI is InChI=1S/C33H56N4O13/c1-11-12-13-14-20(38)34-16-19-23(40)24(41)21(37-30(45)50-33(8,9)10)27(46-19)47-26-18(36-29(44)49-32(5,6)7)15-17(22(39)25(26)42)35-28(43)48-31(2,3)4/h1,17-19,21-27,39-42H,12-16H2,2-10H3,(H,34,38)(H,35,43)(H,36,44)(H,37,45)/t17-,18?,19?,21?,22?,23+,24-,25-,26+,27+/m1/s1. The number of rotatable bonds is 10. The summed E-state index contributed by atoms with van der Waals surface area (Å²) in [6, 6.07) is -3.84. The van der Waals surface area contributed by atoms with Crippen molar-refractivity contribution in [3.05, 3.63) is 0 Å². The molecule has 0 bridgehead atoms. The number of amides is 4. The molecule has 10 atom stereocenters. The molecular formula is C33H56N4O13. The molecule has 2 fully saturated rings. The molecule has 0 aromatic carbocycles. The van der Waals surface area contributed by atoms with E-state index in [9.17, 15) is 39.6 Å². The van der Waals surface area contributed by atoms with Gasteiger partial charge in [-0.2, -0.15) is 0 Å². The quantitative estimate of drug-likeness (QED) is 0.0876. The third-order valence-corrected chi connectivity index (χ3v) is 7.31. The Morgan fingerprint density at radius 3 is 1.74 bits per heavy atom. The van der Waals surface area contributed by atoms with Crippen LogP contribution in [0.25, 0.3) is 0 Å². The first-order valence-corrected chi connectivity index (χ1v) is 16.6. The van der Waals surface area contributed by atoms with Gasteiger partial charge in [-0.1, -0.05) is 0 Å². The van der Waals surface area contributed by atoms with Crippen LogP contribution in [0, 0.1) is 12.3 Å². The molecule has 1 aliphatic carbocycles. The molecule has 0 aromatic rings. The molecule has 4 unspecified atom stereocenters. The lowest BCUT2D eigenvalue weighted by Crippen LogP contribution is -2.70. The molecule has 1 saturated carbocycles. The Morgan fingerprint density at radius 2 is 1.24 bits per heavy atom. The normalized spacial score (nSPS) is 30.2. The number of terminal acetylenes is 1. The molecule has 8 N–H and O–H groups in total. The highest BCUT2D eigenvalue weighted by molar-refractivity contribution is 5.75. The van der Waals surface area contributed by atoms with E-state index >= 15 is 0 Å². The minimum atomic E-state index is -1.81. The van der Waals surface area contributed by atoms with Crippen LogP contribution < -0.4 is 21.3 Å². The topological polar surface area (TPSA) is 243 Å². The van der Waals surface area contributed by atoms with Crippen molar-refractivity contribution in [1.29, 1.82) is 0 Å². The first kappa shape index (κ1) is 42.8. The van der Waals surface area contributed by atoms with Gasteiger partial charge in [0.1, 0.15) is 59.5 Å². The molecule has 2 rings (SSSR count). The predicted octanol–water partition coefficient (Wildman–Crippen LogP) is 0.543. The highest BCUT2D eigenvalue weighted by Gasteiger charge is 2.52. The molecule has 0 spiro atoms. The van der Waals surface area contributed by atoms with Gasteiger partial charge < -0.3 is 65.4 Å². The van der Waals surface area contributed by atoms with Crippen molar-refractivity contribution in [3.63, 3.8) is 0 Å². The summed E-state index contributed by atoms with van der Waals surface area (Å²) < 4.78 is 28.1. The zero-order valence-electron chi connectivity index (χ0n) is 30.3. The van der Waals surface area contributed by atoms with Gasteiger partial charge >= 0.3 is 18.3 Å². The van der Waals surface area contributed by atoms with Crippen molar-refractivity contribution >= 4 is 24.2 Å². The summed E-state index contributed by atoms with van der Waals surface area (Å²) in [6.45, 7) is 14.4. The maximum absolute atomic E-state index is 12.9. The highest BCUT2D eigenvalue weighted by Crippen LogP contribution is 2.30. The van der Waals surface area contributed by atoms with E-state index in [1.165, 1.54) is 0 Å². The Morgan fingerprint density at radius 1 is 0.740 bits per heavy atom. The number of unbranched alkanes of at least 4 members (excludes halogenated alkanes) is 1. The van der Waals surface area contributed by atoms with Crippen molar-refractivity contribution in [1.82, 2.24) is 21.3 Å². The van der Waals surface area contributed by atoms with E-state index in [0.29, 0.717) is 12.8 Å². The van der Waals surface area contributed by atoms with E-state index in [0.717, 1.165) is 0 Å². The summed E-state index contributed by atoms with van der Waals surface area (Å²) in [4.78, 5) is 50.7. The van der Waals surface area contributed by atoms with E-state index in [4.69, 9.17) is 30.1 Å². The van der Waals surface area contributed by atoms with E-state index in [1.54, 1.807) is 62.3 Å². The van der Waals surface area contributed by atoms with Crippen LogP contribution in [0.5, 0.6) is 0 Å². The molecule has 1 heterocycles. The van der Waals surface area contributed by atoms with E-state index < -0.39 is 102 Å². The summed E-state index contributed by atoms with van der Waals surface area (Å²) in [5.41, 5.74) is -2.75. The molecule has 1 saturated heterocycles. The van der Waals surface area contributed by atoms with Crippen molar-refractivity contribution in [3.8, 4) is 12.3 Å². The highest BCUT2D eigenvalue weighted by atomic mass is 16.7. The molecule has 0 radical (unpaired) electrons. The summed E-state index contributed by atoms with van der Waals surface area (Å²) in [5.74, 6) is 2.04. The monoisotopic (exact) mass is 716 g/mol. The van der Waals surface area contributed by atoms with Crippen molar-refractivity contribution in [2.75, 3.05) is 6.54 Å². The van der Waals surface area contributed by atoms with Crippen LogP contribution in [0.2, 0.25) is 0 Å². The number of aliphatic hydroxyl groups excluding tert-OH is 4. The summed E-state index contributed by atoms with van der Waals surface area (Å²) >= 11 is 0. The van der Waals surface area contributed by atoms with Gasteiger partial charge in [-0.15, -0.1) is 12.3 Å². The fraction of sp³-hybridized carbons (Fsp3) is 0.818. The first-order valence-electron chi connectivity index (χ1n) is 16.6. The van der Waals surface area contributed by atoms with Crippen LogP contribution in [0.3, 0.4) is 0 Å². The number of aliphatic hydroxyl groups is 4. The SMILES string of the molecule is C#CCCCC(=O)NCC1O[C@@H](O[C@H]2C(NC(=O)OC(C)(C)C)C[C@@H](NC(=O)OC(C)(C)C)C(O)[C@H]2O)C(NC(=O)OC(C)(C)C)[C@@H](O)[C@H]1O. The number of carbonyl (C=O) groups excluding carboxylic acids is 4. The number of hydrogen-bond donors (Lipinski definition) is 8. The van der Waals surface area contributed by atoms with Gasteiger partial charge in [0.15, 0.2) is 6.29 Å². The summed E-state index contributed by atoms with van der Waals surface area (Å²) in [7, 11) is 0. The van der Waals surface area contributed by atoms with Crippen molar-refractivity contribution < 1.29 is 63.3 Å². The molecule has 1 aliphatic heterocycles. The van der Waals surface area contributed by atoms with Crippen LogP contribution in [0.1, 0.15) is 88.0 Å². The Balaban J connectivity index is 2.43. The lowest BCUT2D eigenvalue weighted by Gasteiger charge is -2.48. The number of hydrogen-bond acceptors (Lipinski definition) is 13. The van der Waals surface area contributed by atoms with Gasteiger partial charge in [-0.25, -0.2) is 14.4 Å². The number of ether oxygens (including phenoxy) is 5. The van der Waals surface area contributed by atoms with Crippen LogP contribution in [0.4, 0.5) is 14.4 Å². The Bertz CT molecular complexity index is 1210. The maximum atomic E-state index is 12.9. The van der Waals surface area contributed by atoms with Crippen LogP contribution in [0.15, 0.2) is 0 Å². The Hall–Kier alpha value is -3.40. The Labute approximate surface area is 293 Å². The van der Waals surface area contributed by atoms with Gasteiger partial charge in [-0.3, -0.25) is 4.79 Å². The first-order chi connectivity index (χ1) is 22.9. The maximum Gasteiger partial charge on any atom is 0.408 e. The van der Waals surface area contributed by atoms with E-state index in [2.05, 4.69) is 27.2 Å². The molecule has 2 aliphatic rings. The average molecular weight is 717 g/mol. The van der Waals surface area contributed by atoms with Gasteiger partial charge in [0.2, 0.25) is 5.91 Å². The molecule has 0 aromatic heterocycles. The van der Waals surface area contributed by atoms with Gasteiger partial charge in [0, 0.05) is 19.4 Å². The molecule has 4 amide bonds. The van der Waals surface area contributed by atoms with Crippen LogP contribution in [-0.2, 0) is 28.5 Å². The molecule has 17 nitrogen and oxygen atoms in total. The third-order valence-electron chi connectivity index (χ3n) is 7.31. The Kier molecular flexibility index (Phi) is 15.1. The van der Waals surface area contributed by atoms with E-state index in [1.807, 2.05) is 0 Å². The summed E-state index contributed by atoms with van der Waals surface area (Å²) in [6.07, 6.45) is -8.21. The molecular weight excluding hydrogens is 660 g/mol. The second kappa shape index (κ2) is 17.7. The molecule has 50 heavy (non-hydrogen) atoms. The average Bonchev–Trinajstić information content (AvgIpc) is 2.93. The largest absolute Gasteiger partial charge is 0.444 e. The number of carbonyl (C=O) groups is 4. The zero-order chi connectivity index (χ0) is 38.2. The lowest BCUT2D eigenvalue weighted by molar-refractivity contribution is -0.293. The second-order valence-electron chi connectivity index (χ2n) is 15.4. The van der Waals surface area contributed by atoms with Gasteiger partial charge in [0.25, 0.3) is 0 Å². The van der Waals surface area contributed by atoms with Crippen molar-refractivity contribution in [2.24, 2.45) is 0 Å². The van der Waals surface area contributed by atoms with Gasteiger partial charge in [0.05, 0.1) is 12.1 Å². The van der Waals surface area contributed by atoms with E-state index in [-0.39, 0.29) is 19.4 Å². The number of nitrogens with one attached hydrogen (secondary N) is 4. The van der Waals surface area contributed by atoms with Gasteiger partial charge in [-0.05, 0) is 75.2 Å². The third kappa shape index (κ3) is 14.1. The van der Waals surface area contributed by atoms with Crippen LogP contribution >= 0.6 is 0 Å². The minimum absolute atomic E-state index is 0.0982. The number of alkyl carbamates (subject to hydrolysis) is 3. The fourth-order valence-corrected chi connectivity index (χ4v) is 5.22. The predicted molar refractivity (Wildman–Crippen MR) is 177 cm³/mol. The fourth-order valence-electron chi connectivity index (χ4n) is 5.22. The van der Waals surface area contributed by atoms with Crippen molar-refractivity contribution in [2.45, 2.75) is 166 Å². The minimum Gasteiger partial charge on any atom is -0.444 e. The molecule has 286 valence electrons. The summed E-state index contributed by atoms with van der Waals surface area (Å²) in [5, 5.41) is 54.8. The smallest absolute Gasteiger partial charge is 0.408 e. The lowest BCUT2D eigenvalue weighted by atomic mass is 9.83. The molecule has 17 heteroatoms. The van der Waals surface area contributed by atoms with Crippen LogP contribution in [-0.4, -0.2) is 129 Å². The zero-order valence-corrected chi connectivity index (χ0v) is 30.3. The second-order valence-corrected chi connectivity index (χ2v) is 15.4.